The summed E-state index contributed by atoms with van der Waals surface area (Å²) in [4.78, 5) is 15.3. The Morgan fingerprint density at radius 1 is 1.38 bits per heavy atom. The number of nitrogens with one attached hydrogen (secondary N) is 1. The molecule has 2 rings (SSSR count). The molecule has 0 aliphatic carbocycles. The van der Waals surface area contributed by atoms with Gasteiger partial charge in [0.25, 0.3) is 5.91 Å². The number of aromatic nitrogens is 3. The number of nitrogens with zero attached hydrogens (tertiary/aromatic N) is 4. The number of hydrogen-bond donors (Lipinski definition) is 1. The summed E-state index contributed by atoms with van der Waals surface area (Å²) in [7, 11) is 3.12. The highest BCUT2D eigenvalue weighted by molar-refractivity contribution is 5.83. The zero-order valence-corrected chi connectivity index (χ0v) is 11.7. The number of benzene rings is 1. The van der Waals surface area contributed by atoms with Crippen LogP contribution in [0.5, 0.6) is 11.5 Å². The molecule has 21 heavy (non-hydrogen) atoms. The van der Waals surface area contributed by atoms with Gasteiger partial charge < -0.3 is 9.47 Å². The normalized spacial score (nSPS) is 10.6. The summed E-state index contributed by atoms with van der Waals surface area (Å²) in [6.45, 7) is 0.0588. The van der Waals surface area contributed by atoms with Crippen molar-refractivity contribution in [2.75, 3.05) is 14.2 Å². The number of hydrogen-bond acceptors (Lipinski definition) is 6. The van der Waals surface area contributed by atoms with E-state index in [0.717, 1.165) is 5.56 Å². The predicted molar refractivity (Wildman–Crippen MR) is 75.3 cm³/mol. The van der Waals surface area contributed by atoms with Crippen LogP contribution in [0.3, 0.4) is 0 Å². The molecule has 1 aromatic heterocycles. The molecule has 8 heteroatoms. The lowest BCUT2D eigenvalue weighted by molar-refractivity contribution is -0.121. The first kappa shape index (κ1) is 14.5. The van der Waals surface area contributed by atoms with Crippen LogP contribution in [0.1, 0.15) is 5.56 Å². The Hall–Kier alpha value is -2.90. The maximum atomic E-state index is 11.6. The van der Waals surface area contributed by atoms with Gasteiger partial charge in [0.05, 0.1) is 20.4 Å². The van der Waals surface area contributed by atoms with Crippen molar-refractivity contribution in [1.82, 2.24) is 20.2 Å². The minimum absolute atomic E-state index is 0.0588. The maximum absolute atomic E-state index is 11.6. The van der Waals surface area contributed by atoms with Crippen molar-refractivity contribution < 1.29 is 14.3 Å². The van der Waals surface area contributed by atoms with Gasteiger partial charge in [0.15, 0.2) is 11.5 Å². The van der Waals surface area contributed by atoms with E-state index in [0.29, 0.717) is 11.5 Å². The van der Waals surface area contributed by atoms with E-state index in [4.69, 9.17) is 9.47 Å². The Kier molecular flexibility index (Phi) is 4.86. The first-order valence-electron chi connectivity index (χ1n) is 6.09. The number of hydrazone groups is 1. The molecule has 2 aromatic rings. The van der Waals surface area contributed by atoms with Crippen molar-refractivity contribution >= 4 is 12.1 Å². The van der Waals surface area contributed by atoms with Crippen LogP contribution >= 0.6 is 0 Å². The summed E-state index contributed by atoms with van der Waals surface area (Å²) < 4.78 is 11.7. The smallest absolute Gasteiger partial charge is 0.261 e. The van der Waals surface area contributed by atoms with Gasteiger partial charge in [-0.1, -0.05) is 0 Å². The molecule has 0 aliphatic heterocycles. The molecule has 0 radical (unpaired) electrons. The summed E-state index contributed by atoms with van der Waals surface area (Å²) in [6.07, 6.45) is 4.33. The van der Waals surface area contributed by atoms with E-state index in [1.165, 1.54) is 23.6 Å². The zero-order valence-electron chi connectivity index (χ0n) is 11.7. The van der Waals surface area contributed by atoms with Gasteiger partial charge in [0, 0.05) is 0 Å². The Morgan fingerprint density at radius 2 is 2.19 bits per heavy atom. The minimum Gasteiger partial charge on any atom is -0.493 e. The highest BCUT2D eigenvalue weighted by atomic mass is 16.5. The molecule has 0 unspecified atom stereocenters. The standard InChI is InChI=1S/C13H15N5O3/c1-20-11-4-3-10(5-12(11)21-2)6-15-17-13(19)7-18-9-14-8-16-18/h3-6,8-9H,7H2,1-2H3,(H,17,19)/b15-6+. The summed E-state index contributed by atoms with van der Waals surface area (Å²) in [6, 6.07) is 5.32. The van der Waals surface area contributed by atoms with Crippen LogP contribution in [0.4, 0.5) is 0 Å². The van der Waals surface area contributed by atoms with E-state index in [1.807, 2.05) is 0 Å². The molecule has 0 saturated carbocycles. The number of ether oxygens (including phenoxy) is 2. The fourth-order valence-electron chi connectivity index (χ4n) is 1.61. The second kappa shape index (κ2) is 7.04. The SMILES string of the molecule is COc1ccc(/C=N/NC(=O)Cn2cncn2)cc1OC. The lowest BCUT2D eigenvalue weighted by Crippen LogP contribution is -2.23. The van der Waals surface area contributed by atoms with E-state index in [9.17, 15) is 4.79 Å². The van der Waals surface area contributed by atoms with Crippen molar-refractivity contribution in [1.29, 1.82) is 0 Å². The zero-order chi connectivity index (χ0) is 15.1. The number of amides is 1. The Morgan fingerprint density at radius 3 is 2.86 bits per heavy atom. The molecule has 0 bridgehead atoms. The molecule has 0 saturated heterocycles. The molecule has 110 valence electrons. The van der Waals surface area contributed by atoms with Crippen LogP contribution < -0.4 is 14.9 Å². The van der Waals surface area contributed by atoms with Gasteiger partial charge in [0.1, 0.15) is 19.2 Å². The van der Waals surface area contributed by atoms with Crippen LogP contribution in [0.25, 0.3) is 0 Å². The molecule has 0 spiro atoms. The third-order valence-electron chi connectivity index (χ3n) is 2.58. The highest BCUT2D eigenvalue weighted by Crippen LogP contribution is 2.26. The number of methoxy groups -OCH3 is 2. The van der Waals surface area contributed by atoms with Crippen molar-refractivity contribution in [3.63, 3.8) is 0 Å². The van der Waals surface area contributed by atoms with Crippen molar-refractivity contribution in [2.45, 2.75) is 6.54 Å². The first-order valence-corrected chi connectivity index (χ1v) is 6.09. The average Bonchev–Trinajstić information content (AvgIpc) is 2.99. The third kappa shape index (κ3) is 4.03. The Labute approximate surface area is 121 Å². The molecular weight excluding hydrogens is 274 g/mol. The largest absolute Gasteiger partial charge is 0.493 e. The van der Waals surface area contributed by atoms with E-state index >= 15 is 0 Å². The van der Waals surface area contributed by atoms with Crippen LogP contribution in [-0.4, -0.2) is 41.1 Å². The summed E-state index contributed by atoms with van der Waals surface area (Å²) in [5.41, 5.74) is 3.18. The number of rotatable bonds is 6. The van der Waals surface area contributed by atoms with Gasteiger partial charge in [-0.15, -0.1) is 0 Å². The second-order valence-electron chi connectivity index (χ2n) is 4.00. The van der Waals surface area contributed by atoms with Crippen molar-refractivity contribution in [2.24, 2.45) is 5.10 Å². The molecular formula is C13H15N5O3. The molecule has 1 N–H and O–H groups in total. The fourth-order valence-corrected chi connectivity index (χ4v) is 1.61. The van der Waals surface area contributed by atoms with E-state index in [1.54, 1.807) is 32.4 Å². The lowest BCUT2D eigenvalue weighted by Gasteiger charge is -2.07. The Balaban J connectivity index is 1.93. The molecule has 1 heterocycles. The average molecular weight is 289 g/mol. The lowest BCUT2D eigenvalue weighted by atomic mass is 10.2. The van der Waals surface area contributed by atoms with Crippen LogP contribution in [-0.2, 0) is 11.3 Å². The maximum Gasteiger partial charge on any atom is 0.261 e. The summed E-state index contributed by atoms with van der Waals surface area (Å²) >= 11 is 0. The van der Waals surface area contributed by atoms with E-state index < -0.39 is 0 Å². The number of carbonyl (C=O) groups excluding carboxylic acids is 1. The second-order valence-corrected chi connectivity index (χ2v) is 4.00. The van der Waals surface area contributed by atoms with Gasteiger partial charge in [-0.05, 0) is 23.8 Å². The van der Waals surface area contributed by atoms with Gasteiger partial charge in [0.2, 0.25) is 0 Å². The topological polar surface area (TPSA) is 90.6 Å². The molecule has 0 fully saturated rings. The molecule has 8 nitrogen and oxygen atoms in total. The highest BCUT2D eigenvalue weighted by Gasteiger charge is 2.04. The van der Waals surface area contributed by atoms with Gasteiger partial charge >= 0.3 is 0 Å². The Bertz CT molecular complexity index is 625. The fraction of sp³-hybridized carbons (Fsp3) is 0.231. The molecule has 1 amide bonds. The third-order valence-corrected chi connectivity index (χ3v) is 2.58. The predicted octanol–water partition coefficient (Wildman–Crippen LogP) is 0.446. The molecule has 0 aliphatic rings. The van der Waals surface area contributed by atoms with Crippen molar-refractivity contribution in [3.05, 3.63) is 36.4 Å². The number of carbonyl (C=O) groups is 1. The van der Waals surface area contributed by atoms with Crippen LogP contribution in [0.15, 0.2) is 36.0 Å². The van der Waals surface area contributed by atoms with Gasteiger partial charge in [-0.2, -0.15) is 10.2 Å². The summed E-state index contributed by atoms with van der Waals surface area (Å²) in [5.74, 6) is 0.928. The van der Waals surface area contributed by atoms with Crippen LogP contribution in [0, 0.1) is 0 Å². The summed E-state index contributed by atoms with van der Waals surface area (Å²) in [5, 5.41) is 7.70. The monoisotopic (exact) mass is 289 g/mol. The van der Waals surface area contributed by atoms with Crippen LogP contribution in [0.2, 0.25) is 0 Å². The van der Waals surface area contributed by atoms with E-state index in [2.05, 4.69) is 20.6 Å². The minimum atomic E-state index is -0.294. The van der Waals surface area contributed by atoms with Gasteiger partial charge in [-0.3, -0.25) is 4.79 Å². The molecule has 0 atom stereocenters. The molecule has 1 aromatic carbocycles. The van der Waals surface area contributed by atoms with Crippen molar-refractivity contribution in [3.8, 4) is 11.5 Å². The van der Waals surface area contributed by atoms with E-state index in [-0.39, 0.29) is 12.5 Å². The quantitative estimate of drug-likeness (QED) is 0.615. The van der Waals surface area contributed by atoms with Gasteiger partial charge in [-0.25, -0.2) is 15.1 Å². The first-order chi connectivity index (χ1) is 10.2.